The number of pyridine rings is 1. The molecule has 108 valence electrons. The lowest BCUT2D eigenvalue weighted by Gasteiger charge is -2.35. The molecule has 1 aliphatic rings. The van der Waals surface area contributed by atoms with Crippen LogP contribution in [0.15, 0.2) is 48.8 Å². The van der Waals surface area contributed by atoms with Gasteiger partial charge in [0.1, 0.15) is 11.2 Å². The highest BCUT2D eigenvalue weighted by Crippen LogP contribution is 2.38. The van der Waals surface area contributed by atoms with Crippen molar-refractivity contribution in [2.45, 2.75) is 18.3 Å². The molecule has 0 spiro atoms. The average molecular weight is 302 g/mol. The summed E-state index contributed by atoms with van der Waals surface area (Å²) in [5.41, 5.74) is 1.52. The summed E-state index contributed by atoms with van der Waals surface area (Å²) in [6.07, 6.45) is 3.97. The van der Waals surface area contributed by atoms with Crippen LogP contribution in [-0.2, 0) is 11.3 Å². The van der Waals surface area contributed by atoms with Crippen LogP contribution in [0.3, 0.4) is 0 Å². The number of hydrogen-bond acceptors (Lipinski definition) is 3. The zero-order valence-corrected chi connectivity index (χ0v) is 12.2. The molecule has 1 aliphatic heterocycles. The van der Waals surface area contributed by atoms with Crippen LogP contribution < -0.4 is 0 Å². The SMILES string of the molecule is O=C1CCSC(c2cccnc2)N1Cc1ccccc1F. The second-order valence-corrected chi connectivity index (χ2v) is 6.06. The first-order chi connectivity index (χ1) is 10.3. The summed E-state index contributed by atoms with van der Waals surface area (Å²) in [5.74, 6) is 0.572. The van der Waals surface area contributed by atoms with E-state index in [2.05, 4.69) is 4.98 Å². The molecule has 5 heteroatoms. The van der Waals surface area contributed by atoms with Crippen LogP contribution >= 0.6 is 11.8 Å². The highest BCUT2D eigenvalue weighted by Gasteiger charge is 2.30. The number of carbonyl (C=O) groups excluding carboxylic acids is 1. The van der Waals surface area contributed by atoms with E-state index in [0.29, 0.717) is 12.0 Å². The van der Waals surface area contributed by atoms with Crippen LogP contribution in [0, 0.1) is 5.82 Å². The molecule has 21 heavy (non-hydrogen) atoms. The molecule has 0 aliphatic carbocycles. The van der Waals surface area contributed by atoms with Gasteiger partial charge in [0, 0.05) is 42.2 Å². The normalized spacial score (nSPS) is 18.8. The maximum absolute atomic E-state index is 13.8. The van der Waals surface area contributed by atoms with Crippen molar-refractivity contribution in [3.8, 4) is 0 Å². The summed E-state index contributed by atoms with van der Waals surface area (Å²) in [4.78, 5) is 18.1. The van der Waals surface area contributed by atoms with Gasteiger partial charge in [-0.25, -0.2) is 4.39 Å². The first kappa shape index (κ1) is 14.1. The van der Waals surface area contributed by atoms with Crippen LogP contribution in [0.2, 0.25) is 0 Å². The maximum atomic E-state index is 13.8. The summed E-state index contributed by atoms with van der Waals surface area (Å²) in [7, 11) is 0. The fraction of sp³-hybridized carbons (Fsp3) is 0.250. The summed E-state index contributed by atoms with van der Waals surface area (Å²) in [5, 5.41) is -0.0976. The Hall–Kier alpha value is -1.88. The Labute approximate surface area is 127 Å². The topological polar surface area (TPSA) is 33.2 Å². The number of benzene rings is 1. The second-order valence-electron chi connectivity index (χ2n) is 4.87. The first-order valence-corrected chi connectivity index (χ1v) is 7.85. The Kier molecular flexibility index (Phi) is 4.20. The molecule has 1 saturated heterocycles. The smallest absolute Gasteiger partial charge is 0.224 e. The fourth-order valence-electron chi connectivity index (χ4n) is 2.40. The van der Waals surface area contributed by atoms with E-state index in [1.165, 1.54) is 6.07 Å². The maximum Gasteiger partial charge on any atom is 0.224 e. The molecule has 1 amide bonds. The van der Waals surface area contributed by atoms with E-state index in [1.807, 2.05) is 12.1 Å². The molecule has 1 fully saturated rings. The third-order valence-electron chi connectivity index (χ3n) is 3.46. The number of amides is 1. The third kappa shape index (κ3) is 3.08. The van der Waals surface area contributed by atoms with E-state index in [-0.39, 0.29) is 23.6 Å². The van der Waals surface area contributed by atoms with E-state index < -0.39 is 0 Å². The predicted molar refractivity (Wildman–Crippen MR) is 81.0 cm³/mol. The molecule has 3 rings (SSSR count). The van der Waals surface area contributed by atoms with Gasteiger partial charge in [-0.3, -0.25) is 9.78 Å². The average Bonchev–Trinajstić information content (AvgIpc) is 2.52. The number of carbonyl (C=O) groups is 1. The minimum atomic E-state index is -0.272. The number of nitrogens with zero attached hydrogens (tertiary/aromatic N) is 2. The second kappa shape index (κ2) is 6.26. The number of aromatic nitrogens is 1. The predicted octanol–water partition coefficient (Wildman–Crippen LogP) is 3.39. The Balaban J connectivity index is 1.89. The summed E-state index contributed by atoms with van der Waals surface area (Å²) >= 11 is 1.70. The van der Waals surface area contributed by atoms with Crippen LogP contribution in [0.25, 0.3) is 0 Å². The van der Waals surface area contributed by atoms with Crippen molar-refractivity contribution in [3.05, 3.63) is 65.7 Å². The Bertz CT molecular complexity index is 635. The molecule has 1 aromatic carbocycles. The van der Waals surface area contributed by atoms with Crippen molar-refractivity contribution in [2.24, 2.45) is 0 Å². The quantitative estimate of drug-likeness (QED) is 0.871. The summed E-state index contributed by atoms with van der Waals surface area (Å²) in [6, 6.07) is 10.4. The highest BCUT2D eigenvalue weighted by atomic mass is 32.2. The van der Waals surface area contributed by atoms with Gasteiger partial charge in [0.2, 0.25) is 5.91 Å². The fourth-order valence-corrected chi connectivity index (χ4v) is 3.62. The molecule has 0 bridgehead atoms. The summed E-state index contributed by atoms with van der Waals surface area (Å²) < 4.78 is 13.8. The van der Waals surface area contributed by atoms with E-state index in [4.69, 9.17) is 0 Å². The Morgan fingerprint density at radius 3 is 2.90 bits per heavy atom. The van der Waals surface area contributed by atoms with Crippen molar-refractivity contribution in [1.29, 1.82) is 0 Å². The van der Waals surface area contributed by atoms with Crippen molar-refractivity contribution in [1.82, 2.24) is 9.88 Å². The molecule has 0 saturated carbocycles. The number of hydrogen-bond donors (Lipinski definition) is 0. The van der Waals surface area contributed by atoms with E-state index >= 15 is 0 Å². The lowest BCUT2D eigenvalue weighted by Crippen LogP contribution is -2.37. The van der Waals surface area contributed by atoms with Gasteiger partial charge in [-0.2, -0.15) is 0 Å². The van der Waals surface area contributed by atoms with E-state index in [1.54, 1.807) is 47.3 Å². The largest absolute Gasteiger partial charge is 0.322 e. The van der Waals surface area contributed by atoms with Gasteiger partial charge in [-0.05, 0) is 12.1 Å². The molecule has 1 atom stereocenters. The minimum absolute atomic E-state index is 0.0610. The van der Waals surface area contributed by atoms with Crippen LogP contribution in [0.4, 0.5) is 4.39 Å². The van der Waals surface area contributed by atoms with Gasteiger partial charge in [0.15, 0.2) is 0 Å². The number of thioether (sulfide) groups is 1. The number of rotatable bonds is 3. The first-order valence-electron chi connectivity index (χ1n) is 6.80. The molecule has 2 aromatic rings. The molecule has 1 unspecified atom stereocenters. The third-order valence-corrected chi connectivity index (χ3v) is 4.75. The van der Waals surface area contributed by atoms with E-state index in [0.717, 1.165) is 11.3 Å². The Morgan fingerprint density at radius 2 is 2.14 bits per heavy atom. The highest BCUT2D eigenvalue weighted by molar-refractivity contribution is 7.99. The van der Waals surface area contributed by atoms with E-state index in [9.17, 15) is 9.18 Å². The van der Waals surface area contributed by atoms with Crippen molar-refractivity contribution in [3.63, 3.8) is 0 Å². The van der Waals surface area contributed by atoms with Crippen LogP contribution in [0.5, 0.6) is 0 Å². The molecular formula is C16H15FN2OS. The van der Waals surface area contributed by atoms with Gasteiger partial charge < -0.3 is 4.90 Å². The van der Waals surface area contributed by atoms with Gasteiger partial charge in [-0.1, -0.05) is 24.3 Å². The molecule has 1 aromatic heterocycles. The molecule has 3 nitrogen and oxygen atoms in total. The standard InChI is InChI=1S/C16H15FN2OS/c17-14-6-2-1-4-13(14)11-19-15(20)7-9-21-16(19)12-5-3-8-18-10-12/h1-6,8,10,16H,7,9,11H2. The molecule has 2 heterocycles. The molecule has 0 N–H and O–H groups in total. The van der Waals surface area contributed by atoms with Crippen molar-refractivity contribution >= 4 is 17.7 Å². The molecular weight excluding hydrogens is 287 g/mol. The van der Waals surface area contributed by atoms with Gasteiger partial charge in [-0.15, -0.1) is 11.8 Å². The Morgan fingerprint density at radius 1 is 1.29 bits per heavy atom. The zero-order chi connectivity index (χ0) is 14.7. The van der Waals surface area contributed by atoms with Gasteiger partial charge >= 0.3 is 0 Å². The summed E-state index contributed by atoms with van der Waals surface area (Å²) in [6.45, 7) is 0.290. The van der Waals surface area contributed by atoms with Gasteiger partial charge in [0.05, 0.1) is 0 Å². The van der Waals surface area contributed by atoms with Crippen molar-refractivity contribution < 1.29 is 9.18 Å². The zero-order valence-electron chi connectivity index (χ0n) is 11.4. The lowest BCUT2D eigenvalue weighted by molar-refractivity contribution is -0.132. The van der Waals surface area contributed by atoms with Crippen LogP contribution in [-0.4, -0.2) is 21.5 Å². The minimum Gasteiger partial charge on any atom is -0.322 e. The monoisotopic (exact) mass is 302 g/mol. The van der Waals surface area contributed by atoms with Crippen molar-refractivity contribution in [2.75, 3.05) is 5.75 Å². The van der Waals surface area contributed by atoms with Crippen LogP contribution in [0.1, 0.15) is 22.9 Å². The number of halogens is 1. The van der Waals surface area contributed by atoms with Gasteiger partial charge in [0.25, 0.3) is 0 Å². The molecule has 0 radical (unpaired) electrons. The lowest BCUT2D eigenvalue weighted by atomic mass is 10.1.